The topological polar surface area (TPSA) is 52.7 Å². The number of piperidine rings is 1. The van der Waals surface area contributed by atoms with Gasteiger partial charge in [-0.05, 0) is 50.6 Å². The summed E-state index contributed by atoms with van der Waals surface area (Å²) in [7, 11) is 1.95. The highest BCUT2D eigenvalue weighted by molar-refractivity contribution is 9.10. The predicted molar refractivity (Wildman–Crippen MR) is 105 cm³/mol. The Balaban J connectivity index is 0.00000225. The van der Waals surface area contributed by atoms with Crippen LogP contribution in [0.15, 0.2) is 28.7 Å². The van der Waals surface area contributed by atoms with E-state index in [2.05, 4.69) is 21.2 Å². The first kappa shape index (κ1) is 20.2. The van der Waals surface area contributed by atoms with Crippen molar-refractivity contribution in [3.05, 3.63) is 28.7 Å². The molecule has 1 aromatic carbocycles. The second-order valence-electron chi connectivity index (χ2n) is 6.74. The summed E-state index contributed by atoms with van der Waals surface area (Å²) >= 11 is 3.44. The van der Waals surface area contributed by atoms with E-state index in [4.69, 9.17) is 0 Å². The molecule has 1 aromatic rings. The van der Waals surface area contributed by atoms with Crippen LogP contribution in [-0.2, 0) is 9.59 Å². The van der Waals surface area contributed by atoms with E-state index in [1.54, 1.807) is 4.90 Å². The number of hydrogen-bond acceptors (Lipinski definition) is 3. The molecule has 0 spiro atoms. The molecule has 2 atom stereocenters. The summed E-state index contributed by atoms with van der Waals surface area (Å²) in [5.74, 6) is 0.479. The molecule has 1 N–H and O–H groups in total. The summed E-state index contributed by atoms with van der Waals surface area (Å²) in [5.41, 5.74) is 0.858. The smallest absolute Gasteiger partial charge is 0.228 e. The average molecular weight is 431 g/mol. The molecule has 0 bridgehead atoms. The van der Waals surface area contributed by atoms with Crippen molar-refractivity contribution in [3.8, 4) is 0 Å². The van der Waals surface area contributed by atoms with Gasteiger partial charge in [0.15, 0.2) is 0 Å². The summed E-state index contributed by atoms with van der Waals surface area (Å²) in [5, 5.41) is 3.20. The third-order valence-electron chi connectivity index (χ3n) is 4.92. The van der Waals surface area contributed by atoms with Crippen molar-refractivity contribution < 1.29 is 9.59 Å². The SMILES string of the molecule is CNCC1CCCN(C(=O)C2CC(=O)N(c3cccc(Br)c3)C2)C1.Cl. The van der Waals surface area contributed by atoms with E-state index in [0.717, 1.165) is 36.2 Å². The first-order chi connectivity index (χ1) is 11.6. The van der Waals surface area contributed by atoms with Crippen LogP contribution in [0.1, 0.15) is 19.3 Å². The van der Waals surface area contributed by atoms with Gasteiger partial charge < -0.3 is 15.1 Å². The summed E-state index contributed by atoms with van der Waals surface area (Å²) in [6.45, 7) is 3.06. The maximum absolute atomic E-state index is 12.9. The van der Waals surface area contributed by atoms with Gasteiger partial charge in [0.05, 0.1) is 5.92 Å². The molecule has 0 aliphatic carbocycles. The van der Waals surface area contributed by atoms with Crippen LogP contribution in [0.25, 0.3) is 0 Å². The molecular formula is C18H25BrClN3O2. The van der Waals surface area contributed by atoms with Crippen molar-refractivity contribution in [2.45, 2.75) is 19.3 Å². The minimum absolute atomic E-state index is 0. The van der Waals surface area contributed by atoms with Crippen molar-refractivity contribution in [3.63, 3.8) is 0 Å². The monoisotopic (exact) mass is 429 g/mol. The van der Waals surface area contributed by atoms with E-state index in [1.807, 2.05) is 36.2 Å². The van der Waals surface area contributed by atoms with Crippen molar-refractivity contribution in [1.29, 1.82) is 0 Å². The number of carbonyl (C=O) groups is 2. The van der Waals surface area contributed by atoms with Gasteiger partial charge in [0.2, 0.25) is 11.8 Å². The molecule has 2 aliphatic heterocycles. The van der Waals surface area contributed by atoms with Crippen LogP contribution in [0.5, 0.6) is 0 Å². The van der Waals surface area contributed by atoms with Crippen LogP contribution in [0.2, 0.25) is 0 Å². The molecular weight excluding hydrogens is 406 g/mol. The average Bonchev–Trinajstić information content (AvgIpc) is 2.96. The number of nitrogens with zero attached hydrogens (tertiary/aromatic N) is 2. The third kappa shape index (κ3) is 4.74. The Morgan fingerprint density at radius 2 is 2.16 bits per heavy atom. The molecule has 7 heteroatoms. The molecule has 2 aliphatic rings. The van der Waals surface area contributed by atoms with Crippen LogP contribution in [0.4, 0.5) is 5.69 Å². The fourth-order valence-electron chi connectivity index (χ4n) is 3.75. The quantitative estimate of drug-likeness (QED) is 0.799. The first-order valence-electron chi connectivity index (χ1n) is 8.58. The van der Waals surface area contributed by atoms with Crippen LogP contribution in [-0.4, -0.2) is 49.9 Å². The minimum atomic E-state index is -0.218. The fourth-order valence-corrected chi connectivity index (χ4v) is 4.13. The highest BCUT2D eigenvalue weighted by Crippen LogP contribution is 2.29. The van der Waals surface area contributed by atoms with Crippen LogP contribution in [0, 0.1) is 11.8 Å². The lowest BCUT2D eigenvalue weighted by atomic mass is 9.96. The standard InChI is InChI=1S/C18H24BrN3O2.ClH/c1-20-10-13-4-3-7-21(11-13)18(24)14-8-17(23)22(12-14)16-6-2-5-15(19)9-16;/h2,5-6,9,13-14,20H,3-4,7-8,10-12H2,1H3;1H. The zero-order chi connectivity index (χ0) is 17.1. The highest BCUT2D eigenvalue weighted by Gasteiger charge is 2.38. The van der Waals surface area contributed by atoms with E-state index in [-0.39, 0.29) is 30.1 Å². The zero-order valence-corrected chi connectivity index (χ0v) is 16.8. The Morgan fingerprint density at radius 3 is 2.88 bits per heavy atom. The molecule has 2 heterocycles. The van der Waals surface area contributed by atoms with Gasteiger partial charge in [0.25, 0.3) is 0 Å². The van der Waals surface area contributed by atoms with Gasteiger partial charge in [-0.15, -0.1) is 12.4 Å². The number of nitrogens with one attached hydrogen (secondary N) is 1. The Morgan fingerprint density at radius 1 is 1.36 bits per heavy atom. The van der Waals surface area contributed by atoms with E-state index < -0.39 is 0 Å². The second kappa shape index (κ2) is 9.01. The Bertz CT molecular complexity index is 626. The third-order valence-corrected chi connectivity index (χ3v) is 5.41. The number of halogens is 2. The highest BCUT2D eigenvalue weighted by atomic mass is 79.9. The maximum atomic E-state index is 12.9. The molecule has 2 fully saturated rings. The lowest BCUT2D eigenvalue weighted by molar-refractivity contribution is -0.137. The number of carbonyl (C=O) groups excluding carboxylic acids is 2. The zero-order valence-electron chi connectivity index (χ0n) is 14.4. The molecule has 2 amide bonds. The van der Waals surface area contributed by atoms with E-state index in [9.17, 15) is 9.59 Å². The molecule has 0 saturated carbocycles. The molecule has 5 nitrogen and oxygen atoms in total. The first-order valence-corrected chi connectivity index (χ1v) is 9.37. The molecule has 2 saturated heterocycles. The Labute approximate surface area is 163 Å². The van der Waals surface area contributed by atoms with Gasteiger partial charge >= 0.3 is 0 Å². The molecule has 3 rings (SSSR count). The van der Waals surface area contributed by atoms with E-state index >= 15 is 0 Å². The maximum Gasteiger partial charge on any atom is 0.228 e. The van der Waals surface area contributed by atoms with Crippen LogP contribution in [0.3, 0.4) is 0 Å². The molecule has 25 heavy (non-hydrogen) atoms. The van der Waals surface area contributed by atoms with E-state index in [0.29, 0.717) is 18.9 Å². The number of hydrogen-bond donors (Lipinski definition) is 1. The van der Waals surface area contributed by atoms with Gasteiger partial charge in [0, 0.05) is 36.2 Å². The van der Waals surface area contributed by atoms with Gasteiger partial charge in [-0.2, -0.15) is 0 Å². The minimum Gasteiger partial charge on any atom is -0.342 e. The number of benzene rings is 1. The lowest BCUT2D eigenvalue weighted by Gasteiger charge is -2.34. The summed E-state index contributed by atoms with van der Waals surface area (Å²) < 4.78 is 0.938. The summed E-state index contributed by atoms with van der Waals surface area (Å²) in [6, 6.07) is 7.69. The molecule has 2 unspecified atom stereocenters. The predicted octanol–water partition coefficient (Wildman–Crippen LogP) is 2.68. The van der Waals surface area contributed by atoms with Gasteiger partial charge in [-0.25, -0.2) is 0 Å². The Kier molecular flexibility index (Phi) is 7.28. The molecule has 0 aromatic heterocycles. The van der Waals surface area contributed by atoms with Gasteiger partial charge in [-0.1, -0.05) is 22.0 Å². The lowest BCUT2D eigenvalue weighted by Crippen LogP contribution is -2.45. The molecule has 138 valence electrons. The van der Waals surface area contributed by atoms with Gasteiger partial charge in [0.1, 0.15) is 0 Å². The van der Waals surface area contributed by atoms with Gasteiger partial charge in [-0.3, -0.25) is 9.59 Å². The van der Waals surface area contributed by atoms with E-state index in [1.165, 1.54) is 6.42 Å². The number of rotatable bonds is 4. The fraction of sp³-hybridized carbons (Fsp3) is 0.556. The second-order valence-corrected chi connectivity index (χ2v) is 7.65. The van der Waals surface area contributed by atoms with Crippen LogP contribution >= 0.6 is 28.3 Å². The summed E-state index contributed by atoms with van der Waals surface area (Å²) in [4.78, 5) is 28.9. The largest absolute Gasteiger partial charge is 0.342 e. The normalized spacial score (nSPS) is 23.5. The number of amides is 2. The van der Waals surface area contributed by atoms with Crippen molar-refractivity contribution in [2.24, 2.45) is 11.8 Å². The van der Waals surface area contributed by atoms with Crippen molar-refractivity contribution in [2.75, 3.05) is 38.1 Å². The number of anilines is 1. The van der Waals surface area contributed by atoms with Crippen molar-refractivity contribution in [1.82, 2.24) is 10.2 Å². The number of likely N-dealkylation sites (tertiary alicyclic amines) is 1. The Hall–Kier alpha value is -1.11. The summed E-state index contributed by atoms with van der Waals surface area (Å²) in [6.07, 6.45) is 2.53. The molecule has 0 radical (unpaired) electrons. The van der Waals surface area contributed by atoms with Crippen molar-refractivity contribution >= 4 is 45.8 Å². The van der Waals surface area contributed by atoms with Crippen LogP contribution < -0.4 is 10.2 Å².